The van der Waals surface area contributed by atoms with Crippen molar-refractivity contribution in [1.82, 2.24) is 39.0 Å². The van der Waals surface area contributed by atoms with Gasteiger partial charge in [-0.3, -0.25) is 18.9 Å². The molecule has 0 aromatic carbocycles. The first-order valence-corrected chi connectivity index (χ1v) is 14.7. The third kappa shape index (κ3) is 5.07. The Hall–Kier alpha value is -3.17. The molecule has 4 aromatic rings. The Morgan fingerprint density at radius 3 is 2.56 bits per heavy atom. The highest BCUT2D eigenvalue weighted by Gasteiger charge is 2.46. The maximum absolute atomic E-state index is 12.2. The van der Waals surface area contributed by atoms with Gasteiger partial charge in [-0.15, -0.1) is 0 Å². The van der Waals surface area contributed by atoms with Crippen LogP contribution in [-0.2, 0) is 30.3 Å². The van der Waals surface area contributed by atoms with E-state index in [1.807, 2.05) is 0 Å². The number of aliphatic hydroxyl groups is 3. The maximum Gasteiger partial charge on any atom is 0.325 e. The van der Waals surface area contributed by atoms with Crippen molar-refractivity contribution >= 4 is 52.6 Å². The lowest BCUT2D eigenvalue weighted by Crippen LogP contribution is -2.33. The molecule has 4 aromatic heterocycles. The molecular formula is C20H25N10O9PS. The number of anilines is 2. The minimum absolute atomic E-state index is 0.00557. The second-order valence-corrected chi connectivity index (χ2v) is 12.2. The molecule has 0 saturated carbocycles. The van der Waals surface area contributed by atoms with Gasteiger partial charge in [-0.2, -0.15) is 4.98 Å². The second-order valence-electron chi connectivity index (χ2n) is 9.38. The predicted octanol–water partition coefficient (Wildman–Crippen LogP) is -2.36. The number of hydrogen-bond acceptors (Lipinski definition) is 16. The Morgan fingerprint density at radius 2 is 1.80 bits per heavy atom. The molecule has 9 N–H and O–H groups in total. The number of hydrogen-bond donors (Lipinski definition) is 7. The minimum Gasteiger partial charge on any atom is -0.394 e. The summed E-state index contributed by atoms with van der Waals surface area (Å²) in [5, 5.41) is 31.0. The van der Waals surface area contributed by atoms with E-state index in [4.69, 9.17) is 41.8 Å². The molecule has 0 radical (unpaired) electrons. The number of nitrogens with one attached hydrogen (secondary N) is 1. The average Bonchev–Trinajstić information content (AvgIpc) is 3.69. The summed E-state index contributed by atoms with van der Waals surface area (Å²) in [7, 11) is 0. The van der Waals surface area contributed by atoms with Crippen molar-refractivity contribution in [2.75, 3.05) is 24.7 Å². The fraction of sp³-hybridized carbons (Fsp3) is 0.500. The lowest BCUT2D eigenvalue weighted by molar-refractivity contribution is -0.0571. The van der Waals surface area contributed by atoms with Crippen LogP contribution >= 0.6 is 6.72 Å². The van der Waals surface area contributed by atoms with E-state index in [2.05, 4.69) is 29.9 Å². The van der Waals surface area contributed by atoms with E-state index in [0.717, 1.165) is 0 Å². The molecular weight excluding hydrogens is 587 g/mol. The molecule has 0 aliphatic carbocycles. The number of nitrogens with zero attached hydrogens (tertiary/aromatic N) is 7. The number of nitrogen functional groups attached to an aromatic ring is 2. The van der Waals surface area contributed by atoms with Crippen LogP contribution in [0.25, 0.3) is 22.3 Å². The van der Waals surface area contributed by atoms with Crippen molar-refractivity contribution in [3.8, 4) is 0 Å². The molecule has 2 fully saturated rings. The zero-order valence-electron chi connectivity index (χ0n) is 20.9. The number of nitrogens with two attached hydrogens (primary N) is 2. The third-order valence-corrected chi connectivity index (χ3v) is 8.33. The van der Waals surface area contributed by atoms with Gasteiger partial charge in [0.25, 0.3) is 5.56 Å². The van der Waals surface area contributed by atoms with Gasteiger partial charge in [0, 0.05) is 6.42 Å². The van der Waals surface area contributed by atoms with E-state index < -0.39 is 61.9 Å². The monoisotopic (exact) mass is 612 g/mol. The normalized spacial score (nSPS) is 29.9. The van der Waals surface area contributed by atoms with Crippen molar-refractivity contribution in [1.29, 1.82) is 0 Å². The Bertz CT molecular complexity index is 1700. The summed E-state index contributed by atoms with van der Waals surface area (Å²) in [5.74, 6) is -0.0172. The van der Waals surface area contributed by atoms with Gasteiger partial charge in [0.05, 0.1) is 32.0 Å². The van der Waals surface area contributed by atoms with E-state index >= 15 is 0 Å². The van der Waals surface area contributed by atoms with Crippen molar-refractivity contribution in [2.45, 2.75) is 49.4 Å². The van der Waals surface area contributed by atoms with Gasteiger partial charge in [0.15, 0.2) is 35.1 Å². The quantitative estimate of drug-likeness (QED) is 0.102. The fourth-order valence-electron chi connectivity index (χ4n) is 4.82. The number of H-pyrrole nitrogens is 1. The minimum atomic E-state index is -4.03. The molecule has 19 nitrogen and oxygen atoms in total. The highest BCUT2D eigenvalue weighted by Crippen LogP contribution is 2.50. The number of aromatic amines is 1. The van der Waals surface area contributed by atoms with Crippen LogP contribution in [0, 0.1) is 0 Å². The maximum atomic E-state index is 12.2. The first-order chi connectivity index (χ1) is 19.6. The number of ether oxygens (including phenoxy) is 2. The summed E-state index contributed by atoms with van der Waals surface area (Å²) < 4.78 is 25.7. The van der Waals surface area contributed by atoms with Crippen LogP contribution in [0.15, 0.2) is 23.8 Å². The first kappa shape index (κ1) is 28.0. The SMILES string of the molecule is Nc1nc2c(ncn2[C@@H]2O[C@H](CO)C[C@@H]2OP(O)(=S)OC[C@H]2O[C@@H](n3cnc4c(N)ncnc43)[C@@H](O)C2O)c(=O)[nH]1. The fourth-order valence-corrected chi connectivity index (χ4v) is 6.27. The highest BCUT2D eigenvalue weighted by atomic mass is 32.5. The van der Waals surface area contributed by atoms with Gasteiger partial charge >= 0.3 is 6.72 Å². The summed E-state index contributed by atoms with van der Waals surface area (Å²) >= 11 is 5.21. The molecule has 2 unspecified atom stereocenters. The molecule has 0 spiro atoms. The zero-order valence-corrected chi connectivity index (χ0v) is 22.6. The summed E-state index contributed by atoms with van der Waals surface area (Å²) in [6, 6.07) is 0. The molecule has 2 aliphatic heterocycles. The molecule has 8 atom stereocenters. The Kier molecular flexibility index (Phi) is 7.22. The third-order valence-electron chi connectivity index (χ3n) is 6.74. The summed E-state index contributed by atoms with van der Waals surface area (Å²) in [6.45, 7) is -4.84. The summed E-state index contributed by atoms with van der Waals surface area (Å²) in [5.41, 5.74) is 11.6. The topological polar surface area (TPSA) is 277 Å². The van der Waals surface area contributed by atoms with Gasteiger partial charge in [-0.25, -0.2) is 19.9 Å². The number of imidazole rings is 2. The number of fused-ring (bicyclic) bond motifs is 2. The summed E-state index contributed by atoms with van der Waals surface area (Å²) in [4.78, 5) is 45.7. The van der Waals surface area contributed by atoms with Crippen LogP contribution in [0.1, 0.15) is 18.9 Å². The average molecular weight is 613 g/mol. The van der Waals surface area contributed by atoms with Gasteiger partial charge in [0.2, 0.25) is 5.95 Å². The van der Waals surface area contributed by atoms with Crippen molar-refractivity contribution < 1.29 is 38.7 Å². The van der Waals surface area contributed by atoms with Gasteiger partial charge < -0.3 is 50.2 Å². The molecule has 6 rings (SSSR count). The Morgan fingerprint density at radius 1 is 1.07 bits per heavy atom. The zero-order chi connectivity index (χ0) is 29.1. The van der Waals surface area contributed by atoms with E-state index in [0.29, 0.717) is 5.52 Å². The lowest BCUT2D eigenvalue weighted by Gasteiger charge is -2.25. The van der Waals surface area contributed by atoms with Gasteiger partial charge in [-0.05, 0) is 11.8 Å². The Labute approximate surface area is 233 Å². The van der Waals surface area contributed by atoms with Crippen LogP contribution in [-0.4, -0.2) is 103 Å². The van der Waals surface area contributed by atoms with Crippen LogP contribution in [0.5, 0.6) is 0 Å². The van der Waals surface area contributed by atoms with Crippen LogP contribution in [0.2, 0.25) is 0 Å². The lowest BCUT2D eigenvalue weighted by atomic mass is 10.1. The molecule has 21 heteroatoms. The number of aromatic nitrogens is 8. The van der Waals surface area contributed by atoms with Crippen molar-refractivity contribution in [3.63, 3.8) is 0 Å². The highest BCUT2D eigenvalue weighted by molar-refractivity contribution is 8.07. The summed E-state index contributed by atoms with van der Waals surface area (Å²) in [6.07, 6.45) is -3.78. The van der Waals surface area contributed by atoms with E-state index in [1.165, 1.54) is 28.1 Å². The van der Waals surface area contributed by atoms with Crippen LogP contribution in [0.3, 0.4) is 0 Å². The molecule has 2 aliphatic rings. The molecule has 0 bridgehead atoms. The van der Waals surface area contributed by atoms with Crippen molar-refractivity contribution in [3.05, 3.63) is 29.3 Å². The largest absolute Gasteiger partial charge is 0.394 e. The van der Waals surface area contributed by atoms with E-state index in [-0.39, 0.29) is 41.6 Å². The molecule has 41 heavy (non-hydrogen) atoms. The van der Waals surface area contributed by atoms with Crippen molar-refractivity contribution in [2.24, 2.45) is 0 Å². The van der Waals surface area contributed by atoms with Crippen LogP contribution < -0.4 is 17.0 Å². The van der Waals surface area contributed by atoms with Crippen LogP contribution in [0.4, 0.5) is 11.8 Å². The molecule has 0 amide bonds. The van der Waals surface area contributed by atoms with E-state index in [1.54, 1.807) is 0 Å². The molecule has 220 valence electrons. The second kappa shape index (κ2) is 10.6. The number of aliphatic hydroxyl groups excluding tert-OH is 3. The predicted molar refractivity (Wildman–Crippen MR) is 141 cm³/mol. The smallest absolute Gasteiger partial charge is 0.325 e. The Balaban J connectivity index is 1.16. The molecule has 6 heterocycles. The molecule has 2 saturated heterocycles. The van der Waals surface area contributed by atoms with Gasteiger partial charge in [-0.1, -0.05) is 0 Å². The first-order valence-electron chi connectivity index (χ1n) is 12.1. The van der Waals surface area contributed by atoms with Gasteiger partial charge in [0.1, 0.15) is 36.3 Å². The van der Waals surface area contributed by atoms with E-state index in [9.17, 15) is 25.0 Å². The number of rotatable bonds is 8. The standard InChI is InChI=1S/C20H25N10O9PS/c21-14-10-15(24-4-23-14)29(5-25-10)19-13(33)12(32)9(38-19)3-36-40(35,41)39-8-1-7(2-31)37-18(8)30-6-26-11-16(30)27-20(22)28-17(11)34/h4-9,12-13,18-19,31-33H,1-3H2,(H,35,41)(H2,21,23,24)(H3,22,27,28,34)/t7-,8-,9+,12?,13-,18+,19+,40?/m0/s1.